The molecule has 3 N–H and O–H groups in total. The molecule has 1 amide bonds. The van der Waals surface area contributed by atoms with E-state index in [1.165, 1.54) is 23.6 Å². The van der Waals surface area contributed by atoms with Gasteiger partial charge in [0.05, 0.1) is 18.6 Å². The molecule has 0 saturated carbocycles. The minimum Gasteiger partial charge on any atom is -0.494 e. The maximum Gasteiger partial charge on any atom is 0.234 e. The number of nitrogen functional groups attached to an aromatic ring is 1. The van der Waals surface area contributed by atoms with Gasteiger partial charge in [-0.05, 0) is 22.6 Å². The highest BCUT2D eigenvalue weighted by Crippen LogP contribution is 2.26. The number of nitrogens with one attached hydrogen (secondary N) is 1. The van der Waals surface area contributed by atoms with Crippen LogP contribution in [0, 0.1) is 0 Å². The Morgan fingerprint density at radius 2 is 2.35 bits per heavy atom. The minimum absolute atomic E-state index is 0.180. The summed E-state index contributed by atoms with van der Waals surface area (Å²) in [6, 6.07) is 5.04. The van der Waals surface area contributed by atoms with E-state index < -0.39 is 0 Å². The number of rotatable bonds is 5. The Morgan fingerprint density at radius 3 is 3.00 bits per heavy atom. The number of methoxy groups -OCH3 is 1. The molecule has 1 aromatic heterocycles. The Balaban J connectivity index is 1.96. The van der Waals surface area contributed by atoms with E-state index in [0.29, 0.717) is 22.3 Å². The lowest BCUT2D eigenvalue weighted by Gasteiger charge is -2.10. The molecule has 0 atom stereocenters. The topological polar surface area (TPSA) is 108 Å². The molecule has 0 aliphatic carbocycles. The Morgan fingerprint density at radius 1 is 1.55 bits per heavy atom. The first kappa shape index (κ1) is 14.1. The van der Waals surface area contributed by atoms with E-state index in [9.17, 15) is 4.79 Å². The summed E-state index contributed by atoms with van der Waals surface area (Å²) < 4.78 is 6.66. The molecule has 106 valence electrons. The van der Waals surface area contributed by atoms with E-state index in [1.54, 1.807) is 25.2 Å². The van der Waals surface area contributed by atoms with E-state index in [4.69, 9.17) is 10.5 Å². The summed E-state index contributed by atoms with van der Waals surface area (Å²) in [5.41, 5.74) is 6.79. The van der Waals surface area contributed by atoms with Gasteiger partial charge in [-0.3, -0.25) is 4.79 Å². The summed E-state index contributed by atoms with van der Waals surface area (Å²) in [7, 11) is 3.23. The van der Waals surface area contributed by atoms with Gasteiger partial charge in [-0.2, -0.15) is 0 Å². The molecule has 20 heavy (non-hydrogen) atoms. The molecular weight excluding hydrogens is 280 g/mol. The Kier molecular flexibility index (Phi) is 4.41. The standard InChI is InChI=1S/C11H14N6O2S/c1-17-11(14-15-16-17)20-6-10(18)13-8-4-3-7(12)5-9(8)19-2/h3-5H,6,12H2,1-2H3,(H,13,18). The SMILES string of the molecule is COc1cc(N)ccc1NC(=O)CSc1nnnn1C. The number of carbonyl (C=O) groups excluding carboxylic acids is 1. The monoisotopic (exact) mass is 294 g/mol. The summed E-state index contributed by atoms with van der Waals surface area (Å²) in [6.07, 6.45) is 0. The largest absolute Gasteiger partial charge is 0.494 e. The number of nitrogens with two attached hydrogens (primary N) is 1. The van der Waals surface area contributed by atoms with Gasteiger partial charge in [0.15, 0.2) is 0 Å². The summed E-state index contributed by atoms with van der Waals surface area (Å²) in [4.78, 5) is 11.9. The number of nitrogens with zero attached hydrogens (tertiary/aromatic N) is 4. The number of aryl methyl sites for hydroxylation is 1. The quantitative estimate of drug-likeness (QED) is 0.611. The van der Waals surface area contributed by atoms with Gasteiger partial charge in [0, 0.05) is 18.8 Å². The van der Waals surface area contributed by atoms with E-state index in [1.807, 2.05) is 0 Å². The van der Waals surface area contributed by atoms with Crippen LogP contribution in [0.15, 0.2) is 23.4 Å². The van der Waals surface area contributed by atoms with Crippen molar-refractivity contribution in [2.45, 2.75) is 5.16 Å². The molecule has 0 saturated heterocycles. The number of hydrogen-bond donors (Lipinski definition) is 2. The van der Waals surface area contributed by atoms with Gasteiger partial charge in [0.25, 0.3) is 0 Å². The first-order valence-electron chi connectivity index (χ1n) is 5.68. The second-order valence-corrected chi connectivity index (χ2v) is 4.82. The van der Waals surface area contributed by atoms with Crippen LogP contribution in [0.1, 0.15) is 0 Å². The van der Waals surface area contributed by atoms with Crippen LogP contribution < -0.4 is 15.8 Å². The molecule has 1 heterocycles. The van der Waals surface area contributed by atoms with Crippen LogP contribution in [0.4, 0.5) is 11.4 Å². The van der Waals surface area contributed by atoms with E-state index >= 15 is 0 Å². The zero-order valence-electron chi connectivity index (χ0n) is 11.0. The Hall–Kier alpha value is -2.29. The number of benzene rings is 1. The summed E-state index contributed by atoms with van der Waals surface area (Å²) in [6.45, 7) is 0. The molecule has 8 nitrogen and oxygen atoms in total. The van der Waals surface area contributed by atoms with Gasteiger partial charge >= 0.3 is 0 Å². The van der Waals surface area contributed by atoms with Crippen LogP contribution in [0.2, 0.25) is 0 Å². The molecule has 0 aliphatic heterocycles. The summed E-state index contributed by atoms with van der Waals surface area (Å²) in [5.74, 6) is 0.534. The fraction of sp³-hybridized carbons (Fsp3) is 0.273. The van der Waals surface area contributed by atoms with Crippen molar-refractivity contribution >= 4 is 29.0 Å². The lowest BCUT2D eigenvalue weighted by atomic mass is 10.2. The number of anilines is 2. The third kappa shape index (κ3) is 3.38. The summed E-state index contributed by atoms with van der Waals surface area (Å²) >= 11 is 1.25. The van der Waals surface area contributed by atoms with Crippen molar-refractivity contribution in [2.75, 3.05) is 23.9 Å². The Bertz CT molecular complexity index is 615. The van der Waals surface area contributed by atoms with Crippen LogP contribution in [-0.4, -0.2) is 39.0 Å². The van der Waals surface area contributed by atoms with Gasteiger partial charge in [0.1, 0.15) is 5.75 Å². The van der Waals surface area contributed by atoms with E-state index in [0.717, 1.165) is 0 Å². The molecular formula is C11H14N6O2S. The molecule has 0 aliphatic rings. The number of ether oxygens (including phenoxy) is 1. The summed E-state index contributed by atoms with van der Waals surface area (Å²) in [5, 5.41) is 14.3. The number of hydrogen-bond acceptors (Lipinski definition) is 7. The van der Waals surface area contributed by atoms with Crippen LogP contribution in [0.3, 0.4) is 0 Å². The average molecular weight is 294 g/mol. The predicted octanol–water partition coefficient (Wildman–Crippen LogP) is 0.532. The molecule has 0 fully saturated rings. The first-order chi connectivity index (χ1) is 9.60. The number of aromatic nitrogens is 4. The van der Waals surface area contributed by atoms with Crippen LogP contribution in [0.5, 0.6) is 5.75 Å². The molecule has 0 radical (unpaired) electrons. The van der Waals surface area contributed by atoms with Gasteiger partial charge in [0.2, 0.25) is 11.1 Å². The fourth-order valence-electron chi connectivity index (χ4n) is 1.47. The third-order valence-electron chi connectivity index (χ3n) is 2.41. The lowest BCUT2D eigenvalue weighted by molar-refractivity contribution is -0.113. The molecule has 0 spiro atoms. The normalized spacial score (nSPS) is 10.3. The second-order valence-electron chi connectivity index (χ2n) is 3.88. The second kappa shape index (κ2) is 6.24. The van der Waals surface area contributed by atoms with Crippen molar-refractivity contribution in [3.8, 4) is 5.75 Å². The van der Waals surface area contributed by atoms with Crippen LogP contribution in [-0.2, 0) is 11.8 Å². The van der Waals surface area contributed by atoms with Gasteiger partial charge < -0.3 is 15.8 Å². The molecule has 0 bridgehead atoms. The molecule has 2 rings (SSSR count). The van der Waals surface area contributed by atoms with Crippen molar-refractivity contribution in [2.24, 2.45) is 7.05 Å². The number of carbonyl (C=O) groups is 1. The highest BCUT2D eigenvalue weighted by atomic mass is 32.2. The van der Waals surface area contributed by atoms with Gasteiger partial charge in [-0.1, -0.05) is 11.8 Å². The number of tetrazole rings is 1. The maximum absolute atomic E-state index is 11.9. The van der Waals surface area contributed by atoms with Gasteiger partial charge in [-0.15, -0.1) is 5.10 Å². The molecule has 2 aromatic rings. The van der Waals surface area contributed by atoms with Crippen molar-refractivity contribution in [1.29, 1.82) is 0 Å². The smallest absolute Gasteiger partial charge is 0.234 e. The molecule has 1 aromatic carbocycles. The van der Waals surface area contributed by atoms with Crippen molar-refractivity contribution in [1.82, 2.24) is 20.2 Å². The fourth-order valence-corrected chi connectivity index (χ4v) is 2.12. The van der Waals surface area contributed by atoms with Crippen molar-refractivity contribution < 1.29 is 9.53 Å². The van der Waals surface area contributed by atoms with Crippen LogP contribution in [0.25, 0.3) is 0 Å². The number of amides is 1. The number of thioether (sulfide) groups is 1. The zero-order chi connectivity index (χ0) is 14.5. The lowest BCUT2D eigenvalue weighted by Crippen LogP contribution is -2.15. The van der Waals surface area contributed by atoms with Crippen molar-refractivity contribution in [3.05, 3.63) is 18.2 Å². The Labute approximate surface area is 119 Å². The average Bonchev–Trinajstić information content (AvgIpc) is 2.84. The first-order valence-corrected chi connectivity index (χ1v) is 6.67. The highest BCUT2D eigenvalue weighted by molar-refractivity contribution is 7.99. The zero-order valence-corrected chi connectivity index (χ0v) is 11.8. The van der Waals surface area contributed by atoms with E-state index in [-0.39, 0.29) is 11.7 Å². The third-order valence-corrected chi connectivity index (χ3v) is 3.42. The molecule has 9 heteroatoms. The van der Waals surface area contributed by atoms with Crippen molar-refractivity contribution in [3.63, 3.8) is 0 Å². The predicted molar refractivity (Wildman–Crippen MR) is 75.6 cm³/mol. The minimum atomic E-state index is -0.180. The van der Waals surface area contributed by atoms with E-state index in [2.05, 4.69) is 20.8 Å². The molecule has 0 unspecified atom stereocenters. The highest BCUT2D eigenvalue weighted by Gasteiger charge is 2.10. The van der Waals surface area contributed by atoms with Crippen LogP contribution >= 0.6 is 11.8 Å². The van der Waals surface area contributed by atoms with Gasteiger partial charge in [-0.25, -0.2) is 4.68 Å². The maximum atomic E-state index is 11.9.